The molecule has 0 aliphatic rings. The fourth-order valence-electron chi connectivity index (χ4n) is 4.67. The van der Waals surface area contributed by atoms with Crippen molar-refractivity contribution in [3.63, 3.8) is 0 Å². The molecular formula is C34H34Cl2FN3O4S. The van der Waals surface area contributed by atoms with Crippen LogP contribution >= 0.6 is 23.2 Å². The molecule has 0 saturated heterocycles. The average Bonchev–Trinajstić information content (AvgIpc) is 3.02. The smallest absolute Gasteiger partial charge is 0.264 e. The Bertz CT molecular complexity index is 1710. The monoisotopic (exact) mass is 669 g/mol. The van der Waals surface area contributed by atoms with Crippen LogP contribution in [0.25, 0.3) is 0 Å². The van der Waals surface area contributed by atoms with Gasteiger partial charge in [0.1, 0.15) is 18.4 Å². The second kappa shape index (κ2) is 15.4. The van der Waals surface area contributed by atoms with E-state index in [-0.39, 0.29) is 34.5 Å². The number of carbonyl (C=O) groups is 2. The molecule has 0 radical (unpaired) electrons. The van der Waals surface area contributed by atoms with Crippen LogP contribution in [0.15, 0.2) is 108 Å². The number of halogens is 3. The Kier molecular flexibility index (Phi) is 11.6. The summed E-state index contributed by atoms with van der Waals surface area (Å²) in [6.45, 7) is 3.51. The van der Waals surface area contributed by atoms with Crippen molar-refractivity contribution in [2.24, 2.45) is 5.92 Å². The predicted molar refractivity (Wildman–Crippen MR) is 176 cm³/mol. The van der Waals surface area contributed by atoms with Gasteiger partial charge in [-0.1, -0.05) is 91.6 Å². The van der Waals surface area contributed by atoms with E-state index in [1.807, 2.05) is 44.2 Å². The van der Waals surface area contributed by atoms with Gasteiger partial charge in [0.25, 0.3) is 10.0 Å². The molecule has 7 nitrogen and oxygen atoms in total. The lowest BCUT2D eigenvalue weighted by Gasteiger charge is -2.34. The van der Waals surface area contributed by atoms with E-state index in [4.69, 9.17) is 23.2 Å². The lowest BCUT2D eigenvalue weighted by Crippen LogP contribution is -2.53. The first-order valence-corrected chi connectivity index (χ1v) is 16.5. The largest absolute Gasteiger partial charge is 0.354 e. The number of benzene rings is 4. The Hall–Kier alpha value is -3.92. The number of nitrogens with zero attached hydrogens (tertiary/aromatic N) is 2. The van der Waals surface area contributed by atoms with Crippen molar-refractivity contribution in [1.29, 1.82) is 0 Å². The Labute approximate surface area is 273 Å². The van der Waals surface area contributed by atoms with Crippen molar-refractivity contribution in [3.8, 4) is 0 Å². The van der Waals surface area contributed by atoms with Gasteiger partial charge >= 0.3 is 0 Å². The van der Waals surface area contributed by atoms with Gasteiger partial charge in [-0.05, 0) is 65.6 Å². The lowest BCUT2D eigenvalue weighted by molar-refractivity contribution is -0.140. The number of nitrogens with one attached hydrogen (secondary N) is 1. The molecule has 0 bridgehead atoms. The highest BCUT2D eigenvalue weighted by Gasteiger charge is 2.35. The standard InChI is InChI=1S/C34H34Cl2FN3O4S/c1-24(2)21-38-34(42)32(19-25-9-5-3-6-10-25)39(22-26-13-14-27(35)20-31(26)36)33(41)23-40(29-17-15-28(37)16-18-29)45(43,44)30-11-7-4-8-12-30/h3-18,20,24,32H,19,21-23H2,1-2H3,(H,38,42)/t32-/m0/s1. The van der Waals surface area contributed by atoms with E-state index >= 15 is 0 Å². The van der Waals surface area contributed by atoms with Gasteiger partial charge in [0, 0.05) is 29.6 Å². The molecule has 0 aliphatic carbocycles. The minimum atomic E-state index is -4.29. The maximum absolute atomic E-state index is 14.4. The number of anilines is 1. The van der Waals surface area contributed by atoms with Crippen LogP contribution in [0.2, 0.25) is 10.0 Å². The summed E-state index contributed by atoms with van der Waals surface area (Å²) in [5, 5.41) is 3.62. The minimum absolute atomic E-state index is 0.0510. The zero-order valence-electron chi connectivity index (χ0n) is 24.9. The Morgan fingerprint density at radius 2 is 1.49 bits per heavy atom. The first kappa shape index (κ1) is 34.0. The highest BCUT2D eigenvalue weighted by molar-refractivity contribution is 7.92. The van der Waals surface area contributed by atoms with Gasteiger partial charge in [-0.2, -0.15) is 0 Å². The summed E-state index contributed by atoms with van der Waals surface area (Å²) >= 11 is 12.7. The normalized spacial score (nSPS) is 12.0. The Morgan fingerprint density at radius 1 is 0.867 bits per heavy atom. The van der Waals surface area contributed by atoms with Crippen molar-refractivity contribution in [1.82, 2.24) is 10.2 Å². The van der Waals surface area contributed by atoms with Crippen LogP contribution in [0.5, 0.6) is 0 Å². The Morgan fingerprint density at radius 3 is 2.09 bits per heavy atom. The van der Waals surface area contributed by atoms with Gasteiger partial charge in [0.15, 0.2) is 0 Å². The molecule has 0 unspecified atom stereocenters. The Balaban J connectivity index is 1.81. The van der Waals surface area contributed by atoms with Crippen LogP contribution in [0.1, 0.15) is 25.0 Å². The summed E-state index contributed by atoms with van der Waals surface area (Å²) in [6, 6.07) is 25.5. The molecule has 0 saturated carbocycles. The van der Waals surface area contributed by atoms with Crippen molar-refractivity contribution in [2.45, 2.75) is 37.8 Å². The van der Waals surface area contributed by atoms with Crippen molar-refractivity contribution in [3.05, 3.63) is 130 Å². The van der Waals surface area contributed by atoms with Gasteiger partial charge in [-0.3, -0.25) is 13.9 Å². The van der Waals surface area contributed by atoms with Crippen molar-refractivity contribution >= 4 is 50.7 Å². The third-order valence-corrected chi connectivity index (χ3v) is 9.41. The molecule has 45 heavy (non-hydrogen) atoms. The molecule has 2 amide bonds. The van der Waals surface area contributed by atoms with E-state index < -0.39 is 40.2 Å². The van der Waals surface area contributed by atoms with E-state index in [0.717, 1.165) is 22.0 Å². The summed E-state index contributed by atoms with van der Waals surface area (Å²) in [6.07, 6.45) is 0.156. The minimum Gasteiger partial charge on any atom is -0.354 e. The number of hydrogen-bond donors (Lipinski definition) is 1. The van der Waals surface area contributed by atoms with Crippen LogP contribution in [-0.2, 0) is 32.6 Å². The lowest BCUT2D eigenvalue weighted by atomic mass is 10.0. The van der Waals surface area contributed by atoms with E-state index in [1.54, 1.807) is 30.3 Å². The molecule has 236 valence electrons. The maximum Gasteiger partial charge on any atom is 0.264 e. The maximum atomic E-state index is 14.4. The molecule has 1 atom stereocenters. The van der Waals surface area contributed by atoms with Crippen LogP contribution in [-0.4, -0.2) is 44.3 Å². The molecule has 4 aromatic carbocycles. The van der Waals surface area contributed by atoms with Gasteiger partial charge in [-0.15, -0.1) is 0 Å². The van der Waals surface area contributed by atoms with Gasteiger partial charge < -0.3 is 10.2 Å². The first-order valence-electron chi connectivity index (χ1n) is 14.3. The van der Waals surface area contributed by atoms with E-state index in [0.29, 0.717) is 17.1 Å². The number of sulfonamides is 1. The number of rotatable bonds is 13. The van der Waals surface area contributed by atoms with Gasteiger partial charge in [0.2, 0.25) is 11.8 Å². The van der Waals surface area contributed by atoms with Crippen molar-refractivity contribution < 1.29 is 22.4 Å². The summed E-state index contributed by atoms with van der Waals surface area (Å²) in [7, 11) is -4.29. The summed E-state index contributed by atoms with van der Waals surface area (Å²) in [5.41, 5.74) is 1.40. The highest BCUT2D eigenvalue weighted by atomic mass is 35.5. The highest BCUT2D eigenvalue weighted by Crippen LogP contribution is 2.27. The van der Waals surface area contributed by atoms with Crippen LogP contribution in [0, 0.1) is 11.7 Å². The summed E-state index contributed by atoms with van der Waals surface area (Å²) in [4.78, 5) is 29.5. The first-order chi connectivity index (χ1) is 21.5. The molecule has 0 heterocycles. The molecule has 0 fully saturated rings. The van der Waals surface area contributed by atoms with E-state index in [9.17, 15) is 22.4 Å². The number of hydrogen-bond acceptors (Lipinski definition) is 4. The topological polar surface area (TPSA) is 86.8 Å². The molecule has 1 N–H and O–H groups in total. The van der Waals surface area contributed by atoms with E-state index in [1.165, 1.54) is 35.2 Å². The summed E-state index contributed by atoms with van der Waals surface area (Å²) in [5.74, 6) is -1.48. The number of carbonyl (C=O) groups excluding carboxylic acids is 2. The van der Waals surface area contributed by atoms with Crippen LogP contribution in [0.4, 0.5) is 10.1 Å². The molecular weight excluding hydrogens is 636 g/mol. The molecule has 0 aliphatic heterocycles. The fourth-order valence-corrected chi connectivity index (χ4v) is 6.57. The van der Waals surface area contributed by atoms with Gasteiger partial charge in [0.05, 0.1) is 10.6 Å². The quantitative estimate of drug-likeness (QED) is 0.171. The molecule has 4 aromatic rings. The third kappa shape index (κ3) is 9.06. The summed E-state index contributed by atoms with van der Waals surface area (Å²) < 4.78 is 42.7. The average molecular weight is 671 g/mol. The van der Waals surface area contributed by atoms with Crippen molar-refractivity contribution in [2.75, 3.05) is 17.4 Å². The number of amides is 2. The fraction of sp³-hybridized carbons (Fsp3) is 0.235. The van der Waals surface area contributed by atoms with Gasteiger partial charge in [-0.25, -0.2) is 12.8 Å². The second-order valence-corrected chi connectivity index (χ2v) is 13.6. The predicted octanol–water partition coefficient (Wildman–Crippen LogP) is 6.74. The van der Waals surface area contributed by atoms with E-state index in [2.05, 4.69) is 5.32 Å². The molecule has 0 spiro atoms. The zero-order chi connectivity index (χ0) is 32.6. The van der Waals surface area contributed by atoms with Crippen LogP contribution < -0.4 is 9.62 Å². The van der Waals surface area contributed by atoms with Crippen LogP contribution in [0.3, 0.4) is 0 Å². The molecule has 0 aromatic heterocycles. The second-order valence-electron chi connectivity index (χ2n) is 10.9. The molecule has 4 rings (SSSR count). The SMILES string of the molecule is CC(C)CNC(=O)[C@H](Cc1ccccc1)N(Cc1ccc(Cl)cc1Cl)C(=O)CN(c1ccc(F)cc1)S(=O)(=O)c1ccccc1. The zero-order valence-corrected chi connectivity index (χ0v) is 27.2. The third-order valence-electron chi connectivity index (χ3n) is 7.04. The molecule has 11 heteroatoms.